The number of benzene rings is 1. The van der Waals surface area contributed by atoms with Gasteiger partial charge in [-0.2, -0.15) is 0 Å². The summed E-state index contributed by atoms with van der Waals surface area (Å²) in [5, 5.41) is 3.88. The second-order valence-electron chi connectivity index (χ2n) is 6.73. The number of carbonyl (C=O) groups excluding carboxylic acids is 1. The highest BCUT2D eigenvalue weighted by Crippen LogP contribution is 2.32. The molecule has 150 valence electrons. The van der Waals surface area contributed by atoms with Gasteiger partial charge in [0.2, 0.25) is 5.91 Å². The molecule has 0 atom stereocenters. The van der Waals surface area contributed by atoms with Crippen molar-refractivity contribution in [1.29, 1.82) is 0 Å². The molecule has 3 heterocycles. The van der Waals surface area contributed by atoms with E-state index in [-0.39, 0.29) is 12.5 Å². The van der Waals surface area contributed by atoms with Gasteiger partial charge in [-0.1, -0.05) is 0 Å². The van der Waals surface area contributed by atoms with E-state index in [2.05, 4.69) is 25.3 Å². The van der Waals surface area contributed by atoms with E-state index >= 15 is 0 Å². The number of rotatable bonds is 5. The Hall–Kier alpha value is -3.33. The predicted molar refractivity (Wildman–Crippen MR) is 108 cm³/mol. The number of fused-ring (bicyclic) bond motifs is 1. The van der Waals surface area contributed by atoms with Crippen LogP contribution >= 0.6 is 0 Å². The lowest BCUT2D eigenvalue weighted by molar-refractivity contribution is -0.133. The third-order valence-corrected chi connectivity index (χ3v) is 4.73. The number of methoxy groups -OCH3 is 1. The first-order valence-electron chi connectivity index (χ1n) is 9.37. The van der Waals surface area contributed by atoms with Crippen LogP contribution in [0.3, 0.4) is 0 Å². The number of hydrogen-bond donors (Lipinski definition) is 1. The number of ether oxygens (including phenoxy) is 2. The Morgan fingerprint density at radius 1 is 1.17 bits per heavy atom. The van der Waals surface area contributed by atoms with E-state index < -0.39 is 0 Å². The number of anilines is 1. The molecule has 0 saturated carbocycles. The first kappa shape index (κ1) is 19.0. The second-order valence-corrected chi connectivity index (χ2v) is 6.73. The predicted octanol–water partition coefficient (Wildman–Crippen LogP) is 1.67. The molecule has 1 aliphatic rings. The molecule has 0 aliphatic carbocycles. The summed E-state index contributed by atoms with van der Waals surface area (Å²) in [4.78, 5) is 31.7. The van der Waals surface area contributed by atoms with Gasteiger partial charge in [0.1, 0.15) is 23.4 Å². The third kappa shape index (κ3) is 4.09. The lowest BCUT2D eigenvalue weighted by Gasteiger charge is -2.27. The minimum Gasteiger partial charge on any atom is -0.494 e. The molecule has 2 aromatic heterocycles. The molecule has 29 heavy (non-hydrogen) atoms. The van der Waals surface area contributed by atoms with E-state index in [9.17, 15) is 4.79 Å². The molecule has 0 spiro atoms. The molecule has 0 radical (unpaired) electrons. The second kappa shape index (κ2) is 8.36. The molecule has 9 heteroatoms. The Labute approximate surface area is 168 Å². The van der Waals surface area contributed by atoms with Crippen molar-refractivity contribution in [2.75, 3.05) is 45.3 Å². The summed E-state index contributed by atoms with van der Waals surface area (Å²) in [7, 11) is 1.59. The molecule has 1 aromatic carbocycles. The number of morpholine rings is 1. The quantitative estimate of drug-likeness (QED) is 0.697. The molecule has 1 N–H and O–H groups in total. The highest BCUT2D eigenvalue weighted by atomic mass is 16.5. The Morgan fingerprint density at radius 3 is 2.66 bits per heavy atom. The highest BCUT2D eigenvalue weighted by Gasteiger charge is 2.18. The lowest BCUT2D eigenvalue weighted by atomic mass is 10.1. The number of amides is 1. The Bertz CT molecular complexity index is 1020. The number of aryl methyl sites for hydroxylation is 1. The van der Waals surface area contributed by atoms with Gasteiger partial charge in [-0.3, -0.25) is 4.79 Å². The molecule has 0 unspecified atom stereocenters. The lowest BCUT2D eigenvalue weighted by Crippen LogP contribution is -2.43. The molecule has 0 bridgehead atoms. The average molecular weight is 394 g/mol. The molecular formula is C20H22N6O3. The van der Waals surface area contributed by atoms with Crippen LogP contribution in [0.4, 0.5) is 5.82 Å². The fraction of sp³-hybridized carbons (Fsp3) is 0.350. The summed E-state index contributed by atoms with van der Waals surface area (Å²) in [5.74, 6) is 1.73. The van der Waals surface area contributed by atoms with E-state index in [1.807, 2.05) is 19.1 Å². The van der Waals surface area contributed by atoms with Gasteiger partial charge >= 0.3 is 0 Å². The smallest absolute Gasteiger partial charge is 0.242 e. The van der Waals surface area contributed by atoms with Crippen LogP contribution < -0.4 is 10.1 Å². The number of aromatic nitrogens is 4. The van der Waals surface area contributed by atoms with E-state index in [1.165, 1.54) is 6.33 Å². The normalized spacial score (nSPS) is 14.1. The van der Waals surface area contributed by atoms with Crippen molar-refractivity contribution < 1.29 is 14.3 Å². The van der Waals surface area contributed by atoms with Crippen molar-refractivity contribution in [3.8, 4) is 17.1 Å². The fourth-order valence-corrected chi connectivity index (χ4v) is 3.19. The van der Waals surface area contributed by atoms with Crippen molar-refractivity contribution in [3.63, 3.8) is 0 Å². The van der Waals surface area contributed by atoms with Crippen LogP contribution in [0.25, 0.3) is 22.3 Å². The van der Waals surface area contributed by atoms with Gasteiger partial charge in [-0.05, 0) is 24.6 Å². The van der Waals surface area contributed by atoms with E-state index in [1.54, 1.807) is 24.4 Å². The van der Waals surface area contributed by atoms with Crippen LogP contribution in [0.15, 0.2) is 30.9 Å². The third-order valence-electron chi connectivity index (χ3n) is 4.73. The minimum absolute atomic E-state index is 0.00468. The maximum absolute atomic E-state index is 12.5. The van der Waals surface area contributed by atoms with Crippen LogP contribution in [0, 0.1) is 6.92 Å². The minimum atomic E-state index is 0.00468. The summed E-state index contributed by atoms with van der Waals surface area (Å²) in [5.41, 5.74) is 2.42. The van der Waals surface area contributed by atoms with Gasteiger partial charge in [0.05, 0.1) is 26.9 Å². The van der Waals surface area contributed by atoms with Crippen molar-refractivity contribution in [3.05, 3.63) is 36.4 Å². The fourth-order valence-electron chi connectivity index (χ4n) is 3.19. The van der Waals surface area contributed by atoms with Gasteiger partial charge in [-0.15, -0.1) is 0 Å². The van der Waals surface area contributed by atoms with Crippen molar-refractivity contribution in [2.45, 2.75) is 6.92 Å². The maximum atomic E-state index is 12.5. The molecule has 1 aliphatic heterocycles. The van der Waals surface area contributed by atoms with Gasteiger partial charge in [0, 0.05) is 36.4 Å². The molecular weight excluding hydrogens is 372 g/mol. The topological polar surface area (TPSA) is 102 Å². The molecule has 3 aromatic rings. The van der Waals surface area contributed by atoms with Gasteiger partial charge < -0.3 is 19.7 Å². The molecule has 9 nitrogen and oxygen atoms in total. The number of nitrogens with one attached hydrogen (secondary N) is 1. The van der Waals surface area contributed by atoms with Gasteiger partial charge in [0.25, 0.3) is 0 Å². The SMILES string of the molecule is COc1cc(-c2ncc(C)cn2)cc2c(NCC(=O)N3CCOCC3)ncnc12. The Balaban J connectivity index is 1.65. The van der Waals surface area contributed by atoms with Crippen LogP contribution in [0.1, 0.15) is 5.56 Å². The number of nitrogens with zero attached hydrogens (tertiary/aromatic N) is 5. The van der Waals surface area contributed by atoms with Crippen molar-refractivity contribution in [1.82, 2.24) is 24.8 Å². The van der Waals surface area contributed by atoms with Crippen LogP contribution in [-0.2, 0) is 9.53 Å². The average Bonchev–Trinajstić information content (AvgIpc) is 2.77. The molecule has 1 amide bonds. The highest BCUT2D eigenvalue weighted by molar-refractivity contribution is 5.97. The van der Waals surface area contributed by atoms with Gasteiger partial charge in [0.15, 0.2) is 5.82 Å². The van der Waals surface area contributed by atoms with Crippen LogP contribution in [0.5, 0.6) is 5.75 Å². The molecule has 1 saturated heterocycles. The zero-order valence-electron chi connectivity index (χ0n) is 16.4. The maximum Gasteiger partial charge on any atom is 0.242 e. The van der Waals surface area contributed by atoms with Crippen LogP contribution in [0.2, 0.25) is 0 Å². The first-order chi connectivity index (χ1) is 14.2. The summed E-state index contributed by atoms with van der Waals surface area (Å²) in [6.45, 7) is 4.42. The monoisotopic (exact) mass is 394 g/mol. The number of hydrogen-bond acceptors (Lipinski definition) is 8. The van der Waals surface area contributed by atoms with E-state index in [0.29, 0.717) is 49.2 Å². The zero-order chi connectivity index (χ0) is 20.2. The summed E-state index contributed by atoms with van der Waals surface area (Å²) in [6.07, 6.45) is 4.98. The van der Waals surface area contributed by atoms with Crippen molar-refractivity contribution in [2.24, 2.45) is 0 Å². The standard InChI is InChI=1S/C20H22N6O3/c1-13-9-21-19(22-10-13)14-7-15-18(16(8-14)28-2)24-12-25-20(15)23-11-17(27)26-3-5-29-6-4-26/h7-10,12H,3-6,11H2,1-2H3,(H,23,24,25). The summed E-state index contributed by atoms with van der Waals surface area (Å²) in [6, 6.07) is 3.76. The summed E-state index contributed by atoms with van der Waals surface area (Å²) < 4.78 is 10.8. The van der Waals surface area contributed by atoms with E-state index in [4.69, 9.17) is 9.47 Å². The Morgan fingerprint density at radius 2 is 1.93 bits per heavy atom. The first-order valence-corrected chi connectivity index (χ1v) is 9.37. The van der Waals surface area contributed by atoms with Crippen molar-refractivity contribution >= 4 is 22.6 Å². The molecule has 4 rings (SSSR count). The number of carbonyl (C=O) groups is 1. The zero-order valence-corrected chi connectivity index (χ0v) is 16.4. The van der Waals surface area contributed by atoms with Crippen LogP contribution in [-0.4, -0.2) is 70.7 Å². The van der Waals surface area contributed by atoms with E-state index in [0.717, 1.165) is 16.5 Å². The Kier molecular flexibility index (Phi) is 5.48. The largest absolute Gasteiger partial charge is 0.494 e. The summed E-state index contributed by atoms with van der Waals surface area (Å²) >= 11 is 0. The van der Waals surface area contributed by atoms with Gasteiger partial charge in [-0.25, -0.2) is 19.9 Å². The molecule has 1 fully saturated rings.